The van der Waals surface area contributed by atoms with Crippen LogP contribution in [0.4, 0.5) is 0 Å². The Balaban J connectivity index is 1.45. The van der Waals surface area contributed by atoms with Gasteiger partial charge in [0.1, 0.15) is 0 Å². The second-order valence-corrected chi connectivity index (χ2v) is 6.61. The molecule has 0 amide bonds. The maximum atomic E-state index is 5.55. The minimum atomic E-state index is 0.329. The lowest BCUT2D eigenvalue weighted by Gasteiger charge is -2.16. The zero-order chi connectivity index (χ0) is 16.5. The van der Waals surface area contributed by atoms with Crippen LogP contribution in [-0.4, -0.2) is 32.7 Å². The molecule has 3 heterocycles. The number of hydrogen-bond donors (Lipinski definition) is 0. The van der Waals surface area contributed by atoms with Crippen molar-refractivity contribution in [1.82, 2.24) is 19.6 Å². The number of rotatable bonds is 4. The summed E-state index contributed by atoms with van der Waals surface area (Å²) in [5, 5.41) is 4.16. The molecule has 0 bridgehead atoms. The molecule has 0 saturated carbocycles. The van der Waals surface area contributed by atoms with Crippen molar-refractivity contribution < 1.29 is 4.52 Å². The molecule has 1 atom stereocenters. The molecule has 1 aromatic carbocycles. The minimum Gasteiger partial charge on any atom is -0.348 e. The Labute approximate surface area is 141 Å². The summed E-state index contributed by atoms with van der Waals surface area (Å²) in [6.07, 6.45) is 3.06. The number of benzene rings is 1. The summed E-state index contributed by atoms with van der Waals surface area (Å²) in [6.45, 7) is 5.21. The molecule has 1 fully saturated rings. The third-order valence-electron chi connectivity index (χ3n) is 4.89. The fraction of sp³-hybridized carbons (Fsp3) is 0.368. The number of aromatic nitrogens is 3. The number of hydrogen-bond acceptors (Lipinski definition) is 4. The molecule has 0 aliphatic carbocycles. The van der Waals surface area contributed by atoms with Crippen LogP contribution in [-0.2, 0) is 13.6 Å². The van der Waals surface area contributed by atoms with Gasteiger partial charge in [-0.2, -0.15) is 4.98 Å². The summed E-state index contributed by atoms with van der Waals surface area (Å²) >= 11 is 0. The fourth-order valence-electron chi connectivity index (χ4n) is 3.40. The van der Waals surface area contributed by atoms with Crippen molar-refractivity contribution in [2.24, 2.45) is 7.05 Å². The van der Waals surface area contributed by atoms with Gasteiger partial charge in [0.2, 0.25) is 11.7 Å². The van der Waals surface area contributed by atoms with E-state index in [0.29, 0.717) is 11.7 Å². The van der Waals surface area contributed by atoms with E-state index in [4.69, 9.17) is 4.52 Å². The Morgan fingerprint density at radius 2 is 2.08 bits per heavy atom. The van der Waals surface area contributed by atoms with Crippen LogP contribution in [0.2, 0.25) is 0 Å². The highest BCUT2D eigenvalue weighted by atomic mass is 16.5. The van der Waals surface area contributed by atoms with Gasteiger partial charge in [-0.15, -0.1) is 0 Å². The first-order valence-corrected chi connectivity index (χ1v) is 8.43. The summed E-state index contributed by atoms with van der Waals surface area (Å²) in [4.78, 5) is 7.10. The van der Waals surface area contributed by atoms with Gasteiger partial charge in [-0.25, -0.2) is 0 Å². The lowest BCUT2D eigenvalue weighted by atomic mass is 10.1. The molecule has 1 aliphatic rings. The Hall–Kier alpha value is -2.40. The van der Waals surface area contributed by atoms with Crippen molar-refractivity contribution in [2.75, 3.05) is 13.1 Å². The van der Waals surface area contributed by atoms with Crippen LogP contribution in [0.3, 0.4) is 0 Å². The lowest BCUT2D eigenvalue weighted by Crippen LogP contribution is -2.20. The van der Waals surface area contributed by atoms with Crippen molar-refractivity contribution >= 4 is 0 Å². The summed E-state index contributed by atoms with van der Waals surface area (Å²) in [5.74, 6) is 1.77. The van der Waals surface area contributed by atoms with Crippen LogP contribution in [0.25, 0.3) is 11.5 Å². The third-order valence-corrected chi connectivity index (χ3v) is 4.89. The number of aryl methyl sites for hydroxylation is 2. The molecular formula is C19H22N4O. The summed E-state index contributed by atoms with van der Waals surface area (Å²) in [6, 6.07) is 12.6. The van der Waals surface area contributed by atoms with Crippen LogP contribution < -0.4 is 0 Å². The molecule has 0 spiro atoms. The normalized spacial score (nSPS) is 18.3. The Morgan fingerprint density at radius 3 is 2.88 bits per heavy atom. The molecule has 2 aromatic heterocycles. The van der Waals surface area contributed by atoms with Gasteiger partial charge < -0.3 is 9.09 Å². The van der Waals surface area contributed by atoms with Crippen LogP contribution in [0.1, 0.15) is 29.4 Å². The van der Waals surface area contributed by atoms with E-state index in [1.54, 1.807) is 0 Å². The SMILES string of the molecule is Cc1ccccc1CN1CCC(c2nc(-c3cccn3C)no2)C1. The van der Waals surface area contributed by atoms with Gasteiger partial charge in [-0.3, -0.25) is 4.90 Å². The van der Waals surface area contributed by atoms with E-state index >= 15 is 0 Å². The summed E-state index contributed by atoms with van der Waals surface area (Å²) < 4.78 is 7.56. The monoisotopic (exact) mass is 322 g/mol. The second kappa shape index (κ2) is 6.24. The molecular weight excluding hydrogens is 300 g/mol. The zero-order valence-corrected chi connectivity index (χ0v) is 14.1. The van der Waals surface area contributed by atoms with Gasteiger partial charge in [0.05, 0.1) is 11.6 Å². The fourth-order valence-corrected chi connectivity index (χ4v) is 3.40. The predicted octanol–water partition coefficient (Wildman–Crippen LogP) is 3.37. The van der Waals surface area contributed by atoms with Gasteiger partial charge in [-0.05, 0) is 43.1 Å². The standard InChI is InChI=1S/C19H22N4O/c1-14-6-3-4-7-15(14)12-23-11-9-16(13-23)19-20-18(21-24-19)17-8-5-10-22(17)2/h3-8,10,16H,9,11-13H2,1-2H3. The smallest absolute Gasteiger partial charge is 0.231 e. The van der Waals surface area contributed by atoms with E-state index in [9.17, 15) is 0 Å². The van der Waals surface area contributed by atoms with Crippen molar-refractivity contribution in [1.29, 1.82) is 0 Å². The molecule has 1 unspecified atom stereocenters. The van der Waals surface area contributed by atoms with Gasteiger partial charge >= 0.3 is 0 Å². The molecule has 1 saturated heterocycles. The van der Waals surface area contributed by atoms with Crippen LogP contribution in [0, 0.1) is 6.92 Å². The third kappa shape index (κ3) is 2.87. The molecule has 3 aromatic rings. The van der Waals surface area contributed by atoms with Gasteiger partial charge in [-0.1, -0.05) is 29.4 Å². The topological polar surface area (TPSA) is 47.1 Å². The Bertz CT molecular complexity index is 835. The van der Waals surface area contributed by atoms with Gasteiger partial charge in [0.15, 0.2) is 0 Å². The Kier molecular flexibility index (Phi) is 3.94. The first-order valence-electron chi connectivity index (χ1n) is 8.43. The van der Waals surface area contributed by atoms with E-state index in [2.05, 4.69) is 46.2 Å². The molecule has 5 nitrogen and oxygen atoms in total. The summed E-state index contributed by atoms with van der Waals surface area (Å²) in [7, 11) is 1.99. The maximum absolute atomic E-state index is 5.55. The largest absolute Gasteiger partial charge is 0.348 e. The van der Waals surface area contributed by atoms with E-state index < -0.39 is 0 Å². The predicted molar refractivity (Wildman–Crippen MR) is 92.5 cm³/mol. The first-order chi connectivity index (χ1) is 11.7. The first kappa shape index (κ1) is 15.1. The van der Waals surface area contributed by atoms with Crippen LogP contribution in [0.15, 0.2) is 47.1 Å². The lowest BCUT2D eigenvalue weighted by molar-refractivity contribution is 0.309. The van der Waals surface area contributed by atoms with Crippen LogP contribution >= 0.6 is 0 Å². The van der Waals surface area contributed by atoms with Gasteiger partial charge in [0, 0.05) is 26.3 Å². The summed E-state index contributed by atoms with van der Waals surface area (Å²) in [5.41, 5.74) is 3.73. The van der Waals surface area contributed by atoms with E-state index in [1.165, 1.54) is 11.1 Å². The van der Waals surface area contributed by atoms with Gasteiger partial charge in [0.25, 0.3) is 0 Å². The van der Waals surface area contributed by atoms with Crippen molar-refractivity contribution in [3.63, 3.8) is 0 Å². The minimum absolute atomic E-state index is 0.329. The highest BCUT2D eigenvalue weighted by molar-refractivity contribution is 5.49. The molecule has 5 heteroatoms. The average molecular weight is 322 g/mol. The average Bonchev–Trinajstić information content (AvgIpc) is 3.29. The van der Waals surface area contributed by atoms with E-state index in [-0.39, 0.29) is 0 Å². The molecule has 4 rings (SSSR count). The molecule has 1 aliphatic heterocycles. The second-order valence-electron chi connectivity index (χ2n) is 6.61. The van der Waals surface area contributed by atoms with Crippen LogP contribution in [0.5, 0.6) is 0 Å². The highest BCUT2D eigenvalue weighted by Crippen LogP contribution is 2.29. The zero-order valence-electron chi connectivity index (χ0n) is 14.1. The van der Waals surface area contributed by atoms with Crippen molar-refractivity contribution in [2.45, 2.75) is 25.8 Å². The Morgan fingerprint density at radius 1 is 1.21 bits per heavy atom. The molecule has 0 N–H and O–H groups in total. The van der Waals surface area contributed by atoms with E-state index in [1.807, 2.05) is 29.9 Å². The quantitative estimate of drug-likeness (QED) is 0.739. The number of likely N-dealkylation sites (tertiary alicyclic amines) is 1. The molecule has 124 valence electrons. The van der Waals surface area contributed by atoms with Crippen molar-refractivity contribution in [3.05, 3.63) is 59.6 Å². The molecule has 0 radical (unpaired) electrons. The van der Waals surface area contributed by atoms with E-state index in [0.717, 1.165) is 37.6 Å². The number of nitrogens with zero attached hydrogens (tertiary/aromatic N) is 4. The molecule has 24 heavy (non-hydrogen) atoms. The maximum Gasteiger partial charge on any atom is 0.231 e. The van der Waals surface area contributed by atoms with Crippen molar-refractivity contribution in [3.8, 4) is 11.5 Å². The highest BCUT2D eigenvalue weighted by Gasteiger charge is 2.28.